The molecule has 0 atom stereocenters. The Kier molecular flexibility index (Phi) is 27.7. The molecule has 8 aliphatic carbocycles. The van der Waals surface area contributed by atoms with Crippen molar-refractivity contribution in [2.75, 3.05) is 0 Å². The summed E-state index contributed by atoms with van der Waals surface area (Å²) in [5.41, 5.74) is 18.0. The Morgan fingerprint density at radius 1 is 0.331 bits per heavy atom. The van der Waals surface area contributed by atoms with E-state index in [1.54, 1.807) is 98.9 Å². The summed E-state index contributed by atoms with van der Waals surface area (Å²) in [6, 6.07) is 42.6. The van der Waals surface area contributed by atoms with Crippen molar-refractivity contribution in [3.05, 3.63) is 355 Å². The predicted molar refractivity (Wildman–Crippen MR) is 538 cm³/mol. The summed E-state index contributed by atoms with van der Waals surface area (Å²) in [4.78, 5) is 147. The van der Waals surface area contributed by atoms with Crippen LogP contribution in [0.25, 0.3) is 34.4 Å². The molecular weight excluding hydrogens is 1670 g/mol. The fourth-order valence-corrected chi connectivity index (χ4v) is 17.9. The van der Waals surface area contributed by atoms with Gasteiger partial charge in [0.25, 0.3) is 0 Å². The van der Waals surface area contributed by atoms with E-state index in [1.807, 2.05) is 139 Å². The van der Waals surface area contributed by atoms with Crippen LogP contribution in [0.4, 0.5) is 5.69 Å². The molecule has 0 radical (unpaired) electrons. The van der Waals surface area contributed by atoms with E-state index in [9.17, 15) is 52.7 Å². The third-order valence-corrected chi connectivity index (χ3v) is 26.7. The van der Waals surface area contributed by atoms with Gasteiger partial charge in [-0.2, -0.15) is 10.2 Å². The van der Waals surface area contributed by atoms with Gasteiger partial charge < -0.3 is 0 Å². The lowest BCUT2D eigenvalue weighted by molar-refractivity contribution is -0.114. The van der Waals surface area contributed by atoms with Crippen LogP contribution in [-0.2, 0) is 31.6 Å². The lowest BCUT2D eigenvalue weighted by Crippen LogP contribution is -2.34. The molecule has 0 N–H and O–H groups in total. The maximum Gasteiger partial charge on any atom is 0.198 e. The average Bonchev–Trinajstić information content (AvgIpc) is 1.73. The number of allylic oxidation sites excluding steroid dienone is 23. The molecule has 7 aromatic rings. The van der Waals surface area contributed by atoms with E-state index in [2.05, 4.69) is 161 Å². The van der Waals surface area contributed by atoms with Gasteiger partial charge in [-0.15, -0.1) is 0 Å². The van der Waals surface area contributed by atoms with Crippen LogP contribution >= 0.6 is 11.6 Å². The minimum atomic E-state index is -0.498. The second-order valence-corrected chi connectivity index (χ2v) is 43.9. The Morgan fingerprint density at radius 3 is 1.06 bits per heavy atom. The maximum absolute atomic E-state index is 14.1. The van der Waals surface area contributed by atoms with Crippen LogP contribution in [0, 0.1) is 32.5 Å². The van der Waals surface area contributed by atoms with Crippen molar-refractivity contribution in [1.29, 1.82) is 0 Å². The maximum atomic E-state index is 14.1. The van der Waals surface area contributed by atoms with Gasteiger partial charge in [0.1, 0.15) is 0 Å². The number of fused-ring (bicyclic) bond motifs is 5. The van der Waals surface area contributed by atoms with Crippen LogP contribution in [0.2, 0.25) is 5.02 Å². The largest absolute Gasteiger partial charge is 0.289 e. The Hall–Kier alpha value is -12.6. The zero-order valence-electron chi connectivity index (χ0n) is 82.5. The van der Waals surface area contributed by atoms with E-state index >= 15 is 0 Å². The van der Waals surface area contributed by atoms with Gasteiger partial charge >= 0.3 is 0 Å². The second-order valence-electron chi connectivity index (χ2n) is 43.4. The normalized spacial score (nSPS) is 17.2. The number of rotatable bonds is 10. The topological polar surface area (TPSA) is 212 Å². The van der Waals surface area contributed by atoms with Crippen molar-refractivity contribution in [2.24, 2.45) is 42.7 Å². The number of carbonyl (C=O) groups excluding carboxylic acids is 11. The van der Waals surface area contributed by atoms with Crippen molar-refractivity contribution in [3.63, 3.8) is 0 Å². The molecule has 7 aromatic carbocycles. The Balaban J connectivity index is 0.000000169. The first-order valence-corrected chi connectivity index (χ1v) is 46.5. The Labute approximate surface area is 790 Å². The number of Topliss-reactive ketones (excluding diaryl/α,β-unsaturated/α-hetero) is 11. The van der Waals surface area contributed by atoms with E-state index in [-0.39, 0.29) is 113 Å². The average molecular weight is 1790 g/mol. The monoisotopic (exact) mass is 1790 g/mol. The van der Waals surface area contributed by atoms with Gasteiger partial charge in [0.2, 0.25) is 0 Å². The van der Waals surface area contributed by atoms with Crippen molar-refractivity contribution in [3.8, 4) is 11.1 Å². The fourth-order valence-electron chi connectivity index (χ4n) is 17.8. The minimum Gasteiger partial charge on any atom is -0.289 e. The lowest BCUT2D eigenvalue weighted by Gasteiger charge is -2.33. The molecule has 8 aliphatic rings. The highest BCUT2D eigenvalue weighted by Crippen LogP contribution is 2.49. The number of carbonyl (C=O) groups is 11. The summed E-state index contributed by atoms with van der Waals surface area (Å²) < 4.78 is 0. The van der Waals surface area contributed by atoms with Crippen molar-refractivity contribution >= 4 is 104 Å². The van der Waals surface area contributed by atoms with Crippen molar-refractivity contribution in [1.82, 2.24) is 0 Å². The van der Waals surface area contributed by atoms with Gasteiger partial charge in [-0.1, -0.05) is 270 Å². The number of hydrogen-bond acceptors (Lipinski definition) is 13. The summed E-state index contributed by atoms with van der Waals surface area (Å²) >= 11 is 5.87. The van der Waals surface area contributed by atoms with Crippen LogP contribution in [0.5, 0.6) is 0 Å². The smallest absolute Gasteiger partial charge is 0.198 e. The molecule has 14 heteroatoms. The van der Waals surface area contributed by atoms with Crippen LogP contribution in [-0.4, -0.2) is 63.6 Å². The molecule has 0 fully saturated rings. The molecule has 0 aromatic heterocycles. The number of benzene rings is 7. The third-order valence-electron chi connectivity index (χ3n) is 26.4. The zero-order chi connectivity index (χ0) is 98.1. The number of ketones is 11. The number of unbranched alkanes of at least 4 members (excludes halogenated alkanes) is 1. The molecule has 0 saturated heterocycles. The molecule has 0 saturated carbocycles. The summed E-state index contributed by atoms with van der Waals surface area (Å²) in [7, 11) is 0. The molecule has 684 valence electrons. The highest BCUT2D eigenvalue weighted by atomic mass is 35.5. The van der Waals surface area contributed by atoms with Gasteiger partial charge in [0.15, 0.2) is 63.6 Å². The zero-order valence-corrected chi connectivity index (χ0v) is 83.2. The van der Waals surface area contributed by atoms with Gasteiger partial charge in [0.05, 0.1) is 28.6 Å². The number of nitrogens with zero attached hydrogens (tertiary/aromatic N) is 2. The Morgan fingerprint density at radius 2 is 0.677 bits per heavy atom. The van der Waals surface area contributed by atoms with Crippen LogP contribution in [0.1, 0.15) is 323 Å². The molecule has 0 aliphatic heterocycles. The van der Waals surface area contributed by atoms with E-state index < -0.39 is 16.6 Å². The molecular formula is C119H125ClN2O11. The van der Waals surface area contributed by atoms with Gasteiger partial charge in [-0.3, -0.25) is 52.7 Å². The quantitative estimate of drug-likeness (QED) is 0.0713. The van der Waals surface area contributed by atoms with Crippen LogP contribution in [0.3, 0.4) is 0 Å². The summed E-state index contributed by atoms with van der Waals surface area (Å²) in [6.45, 7) is 59.3. The number of hydrogen-bond donors (Lipinski definition) is 0. The number of aryl methyl sites for hydroxylation is 1. The third kappa shape index (κ3) is 20.1. The molecule has 13 nitrogen and oxygen atoms in total. The van der Waals surface area contributed by atoms with Gasteiger partial charge in [-0.05, 0) is 287 Å². The summed E-state index contributed by atoms with van der Waals surface area (Å²) in [5.74, 6) is -1.69. The highest BCUT2D eigenvalue weighted by Gasteiger charge is 2.44. The van der Waals surface area contributed by atoms with Crippen molar-refractivity contribution < 1.29 is 52.7 Å². The fraction of sp³-hybridized carbons (Fsp3) is 0.336. The highest BCUT2D eigenvalue weighted by molar-refractivity contribution is 6.56. The summed E-state index contributed by atoms with van der Waals surface area (Å²) in [5, 5.41) is 10.5. The number of halogens is 1. The van der Waals surface area contributed by atoms with E-state index in [0.717, 1.165) is 121 Å². The van der Waals surface area contributed by atoms with Crippen LogP contribution < -0.4 is 10.4 Å². The minimum absolute atomic E-state index is 0.0448. The summed E-state index contributed by atoms with van der Waals surface area (Å²) in [6.07, 6.45) is 21.2. The van der Waals surface area contributed by atoms with Crippen molar-refractivity contribution in [2.45, 2.75) is 230 Å². The molecule has 0 unspecified atom stereocenters. The first kappa shape index (κ1) is 99.4. The second kappa shape index (κ2) is 37.1. The first-order valence-electron chi connectivity index (χ1n) is 46.2. The molecule has 15 rings (SSSR count). The van der Waals surface area contributed by atoms with Crippen LogP contribution in [0.15, 0.2) is 277 Å². The van der Waals surface area contributed by atoms with E-state index in [4.69, 9.17) is 11.6 Å². The lowest BCUT2D eigenvalue weighted by atomic mass is 9.69. The molecule has 0 heterocycles. The Bertz CT molecular complexity index is 6600. The standard InChI is InChI=1S/C47H48O5.C30H32O2.C21H25ClN2O.C21H20O3/c1-24-33(44(2,3)4)20-27(21-34(24)45(5,6)7)37-39(48)29-16-14-25(18-31(29)41(37)50)26-15-17-30-32(19-26)42(51)38(40(30)49)28-22-35(46(8,9)10)43(52)36(23-28)47(11,12)13;1-7-29(3,4)25-17-23(19-13-9-11-15-21(19)27(25)31)24-18-26(30(5,6)8-2)28(32)22-16-12-10-14-20(22)24;1-20(2,3)17-11-14(12-18(19(17)25)21(4,5)6)13-23-24-16-9-7-15(22)8-10-16;1-4-5-6-14-7-8-16-17(11-14)21(24)18(20(16)23)15-9-12(2)19(22)13(3)10-15/h14-23H,1H2,2-13H3;9-18H,7-8H2,1-6H3;7-13H,1-6H3;7-11H,4-6H2,1-3H3/b;24-23+;;. The van der Waals surface area contributed by atoms with E-state index in [0.29, 0.717) is 82.6 Å². The molecule has 0 bridgehead atoms. The predicted octanol–water partition coefficient (Wildman–Crippen LogP) is 27.5. The van der Waals surface area contributed by atoms with Gasteiger partial charge in [0, 0.05) is 83.0 Å². The molecule has 133 heavy (non-hydrogen) atoms. The first-order chi connectivity index (χ1) is 61.9. The van der Waals surface area contributed by atoms with Gasteiger partial charge in [-0.25, -0.2) is 0 Å². The molecule has 0 amide bonds. The van der Waals surface area contributed by atoms with E-state index in [1.165, 1.54) is 0 Å². The molecule has 0 spiro atoms. The SMILES string of the molecule is C=c1c(C(C)(C)C)cc(=C2C(=O)c3ccc(-c4ccc5c(c4)C(=O)C(=C4C=C(C(C)(C)C)C(=O)C(C(C)(C)C)=C4)C5=O)cc3C2=O)cc1C(C)(C)C.CC(C)(C)C1=CC(=CN=Nc2ccc(Cl)cc2)C=C(C(C)(C)C)C1=O.CCC(C)(C)C1=C/C(=C2/C=C(C(C)(C)CC)C(=O)c3ccccc32)c2ccccc2C1=O.CCCCc1ccc2c(c1)C(=O)C(=C1C=C(C)C(=O)C(C)=C1)C2=O. The number of azo groups is 1.